The van der Waals surface area contributed by atoms with E-state index < -0.39 is 11.4 Å². The third kappa shape index (κ3) is 5.72. The Morgan fingerprint density at radius 3 is 2.26 bits per heavy atom. The highest BCUT2D eigenvalue weighted by Gasteiger charge is 2.45. The number of aliphatic hydroxyl groups is 1. The molecule has 1 aliphatic rings. The van der Waals surface area contributed by atoms with E-state index in [0.29, 0.717) is 42.9 Å². The Morgan fingerprint density at radius 1 is 0.886 bits per heavy atom. The van der Waals surface area contributed by atoms with Gasteiger partial charge in [-0.2, -0.15) is 0 Å². The molecule has 6 heteroatoms. The molecular formula is C29H30O6. The van der Waals surface area contributed by atoms with Crippen LogP contribution in [0, 0.1) is 12.3 Å². The molecule has 3 aromatic carbocycles. The summed E-state index contributed by atoms with van der Waals surface area (Å²) in [7, 11) is 0. The molecule has 0 saturated heterocycles. The molecule has 0 aliphatic heterocycles. The highest BCUT2D eigenvalue weighted by atomic mass is 16.5. The summed E-state index contributed by atoms with van der Waals surface area (Å²) < 4.78 is 11.6. The number of benzene rings is 3. The SMILES string of the molecule is Cc1cccc(CCOc2cc(C(=O)CC3(C(=O)O)Cc4ccccc4C3)ccc2OCCO)c1. The Labute approximate surface area is 205 Å². The minimum absolute atomic E-state index is 0.0991. The number of hydrogen-bond donors (Lipinski definition) is 2. The number of rotatable bonds is 11. The molecule has 2 N–H and O–H groups in total. The number of Topliss-reactive ketones (excluding diaryl/α,β-unsaturated/α-hetero) is 1. The van der Waals surface area contributed by atoms with Crippen molar-refractivity contribution in [1.82, 2.24) is 0 Å². The Bertz CT molecular complexity index is 1190. The monoisotopic (exact) mass is 474 g/mol. The van der Waals surface area contributed by atoms with Crippen molar-refractivity contribution in [2.45, 2.75) is 32.6 Å². The summed E-state index contributed by atoms with van der Waals surface area (Å²) in [5, 5.41) is 19.2. The highest BCUT2D eigenvalue weighted by Crippen LogP contribution is 2.41. The number of carbonyl (C=O) groups excluding carboxylic acids is 1. The Kier molecular flexibility index (Phi) is 7.51. The van der Waals surface area contributed by atoms with Crippen LogP contribution in [0.3, 0.4) is 0 Å². The van der Waals surface area contributed by atoms with E-state index >= 15 is 0 Å². The number of aliphatic hydroxyl groups excluding tert-OH is 1. The zero-order valence-corrected chi connectivity index (χ0v) is 19.8. The first-order chi connectivity index (χ1) is 16.9. The summed E-state index contributed by atoms with van der Waals surface area (Å²) >= 11 is 0. The molecule has 3 aromatic rings. The van der Waals surface area contributed by atoms with E-state index in [1.807, 2.05) is 49.4 Å². The molecule has 0 amide bonds. The van der Waals surface area contributed by atoms with Crippen molar-refractivity contribution in [1.29, 1.82) is 0 Å². The van der Waals surface area contributed by atoms with E-state index in [1.165, 1.54) is 5.56 Å². The van der Waals surface area contributed by atoms with Crippen LogP contribution >= 0.6 is 0 Å². The summed E-state index contributed by atoms with van der Waals surface area (Å²) in [5.74, 6) is -0.380. The first-order valence-corrected chi connectivity index (χ1v) is 11.8. The normalized spacial score (nSPS) is 13.8. The fraction of sp³-hybridized carbons (Fsp3) is 0.310. The number of hydrogen-bond acceptors (Lipinski definition) is 5. The van der Waals surface area contributed by atoms with Gasteiger partial charge in [-0.3, -0.25) is 9.59 Å². The fourth-order valence-electron chi connectivity index (χ4n) is 4.67. The zero-order chi connectivity index (χ0) is 24.8. The first kappa shape index (κ1) is 24.5. The summed E-state index contributed by atoms with van der Waals surface area (Å²) in [4.78, 5) is 25.5. The van der Waals surface area contributed by atoms with Gasteiger partial charge in [0.25, 0.3) is 0 Å². The largest absolute Gasteiger partial charge is 0.489 e. The number of aryl methyl sites for hydroxylation is 1. The second-order valence-electron chi connectivity index (χ2n) is 9.13. The van der Waals surface area contributed by atoms with Gasteiger partial charge in [0.15, 0.2) is 17.3 Å². The van der Waals surface area contributed by atoms with E-state index in [-0.39, 0.29) is 25.4 Å². The van der Waals surface area contributed by atoms with Crippen molar-refractivity contribution < 1.29 is 29.3 Å². The molecule has 4 rings (SSSR count). The molecule has 35 heavy (non-hydrogen) atoms. The smallest absolute Gasteiger partial charge is 0.310 e. The van der Waals surface area contributed by atoms with Gasteiger partial charge in [0.2, 0.25) is 0 Å². The van der Waals surface area contributed by atoms with Gasteiger partial charge in [0.1, 0.15) is 6.61 Å². The van der Waals surface area contributed by atoms with Gasteiger partial charge in [0.05, 0.1) is 18.6 Å². The van der Waals surface area contributed by atoms with Crippen molar-refractivity contribution in [3.63, 3.8) is 0 Å². The van der Waals surface area contributed by atoms with Gasteiger partial charge >= 0.3 is 5.97 Å². The predicted molar refractivity (Wildman–Crippen MR) is 132 cm³/mol. The molecule has 0 spiro atoms. The van der Waals surface area contributed by atoms with Gasteiger partial charge in [-0.15, -0.1) is 0 Å². The van der Waals surface area contributed by atoms with Gasteiger partial charge < -0.3 is 19.7 Å². The van der Waals surface area contributed by atoms with Gasteiger partial charge in [-0.05, 0) is 54.7 Å². The number of ketones is 1. The van der Waals surface area contributed by atoms with Crippen LogP contribution in [0.5, 0.6) is 11.5 Å². The molecule has 6 nitrogen and oxygen atoms in total. The number of carboxylic acids is 1. The Hall–Kier alpha value is -3.64. The van der Waals surface area contributed by atoms with Crippen molar-refractivity contribution in [3.05, 3.63) is 94.5 Å². The van der Waals surface area contributed by atoms with E-state index in [1.54, 1.807) is 18.2 Å². The summed E-state index contributed by atoms with van der Waals surface area (Å²) in [6.45, 7) is 2.37. The molecule has 182 valence electrons. The maximum absolute atomic E-state index is 13.3. The molecule has 0 heterocycles. The molecule has 0 radical (unpaired) electrons. The lowest BCUT2D eigenvalue weighted by molar-refractivity contribution is -0.148. The second-order valence-corrected chi connectivity index (χ2v) is 9.13. The van der Waals surface area contributed by atoms with Gasteiger partial charge in [-0.1, -0.05) is 54.1 Å². The quantitative estimate of drug-likeness (QED) is 0.400. The predicted octanol–water partition coefficient (Wildman–Crippen LogP) is 4.43. The van der Waals surface area contributed by atoms with E-state index in [9.17, 15) is 14.7 Å². The average molecular weight is 475 g/mol. The van der Waals surface area contributed by atoms with Gasteiger partial charge in [-0.25, -0.2) is 0 Å². The number of carbonyl (C=O) groups is 2. The van der Waals surface area contributed by atoms with Crippen LogP contribution in [0.25, 0.3) is 0 Å². The Balaban J connectivity index is 1.51. The van der Waals surface area contributed by atoms with Crippen molar-refractivity contribution in [2.75, 3.05) is 19.8 Å². The maximum atomic E-state index is 13.3. The van der Waals surface area contributed by atoms with Crippen LogP contribution in [-0.4, -0.2) is 41.8 Å². The Morgan fingerprint density at radius 2 is 1.60 bits per heavy atom. The third-order valence-corrected chi connectivity index (χ3v) is 6.47. The lowest BCUT2D eigenvalue weighted by Crippen LogP contribution is -2.34. The average Bonchev–Trinajstić information content (AvgIpc) is 3.22. The van der Waals surface area contributed by atoms with Crippen LogP contribution in [0.1, 0.15) is 39.0 Å². The second kappa shape index (κ2) is 10.7. The van der Waals surface area contributed by atoms with E-state index in [2.05, 4.69) is 6.07 Å². The summed E-state index contributed by atoms with van der Waals surface area (Å²) in [6.07, 6.45) is 1.25. The van der Waals surface area contributed by atoms with Crippen LogP contribution in [0.4, 0.5) is 0 Å². The standard InChI is InChI=1S/C29H30O6/c1-20-5-4-6-21(15-20)11-13-34-27-16-22(9-10-26(27)35-14-12-30)25(31)19-29(28(32)33)17-23-7-2-3-8-24(23)18-29/h2-10,15-16,30H,11-14,17-19H2,1H3,(H,32,33). The van der Waals surface area contributed by atoms with E-state index in [4.69, 9.17) is 14.6 Å². The van der Waals surface area contributed by atoms with Crippen molar-refractivity contribution in [2.24, 2.45) is 5.41 Å². The molecule has 0 atom stereocenters. The third-order valence-electron chi connectivity index (χ3n) is 6.47. The molecule has 0 aromatic heterocycles. The van der Waals surface area contributed by atoms with Crippen molar-refractivity contribution in [3.8, 4) is 11.5 Å². The molecule has 0 saturated carbocycles. The molecule has 1 aliphatic carbocycles. The highest BCUT2D eigenvalue weighted by molar-refractivity contribution is 5.99. The van der Waals surface area contributed by atoms with Crippen LogP contribution < -0.4 is 9.47 Å². The molecule has 0 fully saturated rings. The topological polar surface area (TPSA) is 93.1 Å². The summed E-state index contributed by atoms with van der Waals surface area (Å²) in [5.41, 5.74) is 3.50. The zero-order valence-electron chi connectivity index (χ0n) is 19.8. The van der Waals surface area contributed by atoms with Crippen molar-refractivity contribution >= 4 is 11.8 Å². The minimum Gasteiger partial charge on any atom is -0.489 e. The maximum Gasteiger partial charge on any atom is 0.310 e. The number of carboxylic acid groups (broad SMARTS) is 1. The number of fused-ring (bicyclic) bond motifs is 1. The number of aliphatic carboxylic acids is 1. The van der Waals surface area contributed by atoms with Gasteiger partial charge in [0, 0.05) is 18.4 Å². The van der Waals surface area contributed by atoms with E-state index in [0.717, 1.165) is 16.7 Å². The molecule has 0 bridgehead atoms. The minimum atomic E-state index is -1.15. The lowest BCUT2D eigenvalue weighted by Gasteiger charge is -2.23. The number of ether oxygens (including phenoxy) is 2. The fourth-order valence-corrected chi connectivity index (χ4v) is 4.67. The van der Waals surface area contributed by atoms with Crippen LogP contribution in [-0.2, 0) is 24.1 Å². The molecule has 0 unspecified atom stereocenters. The summed E-state index contributed by atoms with van der Waals surface area (Å²) in [6, 6.07) is 20.7. The first-order valence-electron chi connectivity index (χ1n) is 11.8. The van der Waals surface area contributed by atoms with Crippen LogP contribution in [0.15, 0.2) is 66.7 Å². The molecular weight excluding hydrogens is 444 g/mol. The van der Waals surface area contributed by atoms with Crippen LogP contribution in [0.2, 0.25) is 0 Å². The lowest BCUT2D eigenvalue weighted by atomic mass is 9.79.